The molecule has 0 bridgehead atoms. The summed E-state index contributed by atoms with van der Waals surface area (Å²) in [6.07, 6.45) is -1.90. The minimum atomic E-state index is -0.953. The minimum absolute atomic E-state index is 0.0214. The minimum Gasteiger partial charge on any atom is -0.394 e. The van der Waals surface area contributed by atoms with Crippen LogP contribution in [0.15, 0.2) is 47.3 Å². The van der Waals surface area contributed by atoms with Gasteiger partial charge in [0.25, 0.3) is 5.56 Å². The topological polar surface area (TPSA) is 160 Å². The van der Waals surface area contributed by atoms with E-state index in [1.807, 2.05) is 36.4 Å². The molecule has 2 aliphatic rings. The molecule has 2 aromatic heterocycles. The zero-order valence-corrected chi connectivity index (χ0v) is 19.4. The van der Waals surface area contributed by atoms with E-state index in [1.54, 1.807) is 0 Å². The molecule has 184 valence electrons. The van der Waals surface area contributed by atoms with Gasteiger partial charge in [-0.05, 0) is 28.3 Å². The molecule has 2 aromatic carbocycles. The normalized spacial score (nSPS) is 20.5. The molecule has 1 amide bonds. The maximum absolute atomic E-state index is 13.2. The molecule has 0 saturated carbocycles. The zero-order chi connectivity index (χ0) is 25.1. The van der Waals surface area contributed by atoms with Gasteiger partial charge in [-0.2, -0.15) is 4.98 Å². The molecule has 3 heterocycles. The molecule has 11 heteroatoms. The number of hydrogen-bond acceptors (Lipinski definition) is 8. The number of carbonyl (C=O) groups excluding carboxylic acids is 1. The number of nitrogens with zero attached hydrogens (tertiary/aromatic N) is 4. The number of rotatable bonds is 4. The van der Waals surface area contributed by atoms with Crippen molar-refractivity contribution >= 4 is 34.7 Å². The summed E-state index contributed by atoms with van der Waals surface area (Å²) in [5.41, 5.74) is 10.2. The van der Waals surface area contributed by atoms with Crippen molar-refractivity contribution in [2.75, 3.05) is 17.2 Å². The summed E-state index contributed by atoms with van der Waals surface area (Å²) < 4.78 is 7.40. The lowest BCUT2D eigenvalue weighted by molar-refractivity contribution is -0.116. The van der Waals surface area contributed by atoms with Crippen LogP contribution in [-0.4, -0.2) is 54.5 Å². The fraction of sp³-hybridized carbons (Fsp3) is 0.280. The highest BCUT2D eigenvalue weighted by Crippen LogP contribution is 2.44. The van der Waals surface area contributed by atoms with Crippen molar-refractivity contribution in [3.63, 3.8) is 0 Å². The Bertz CT molecular complexity index is 1580. The molecule has 36 heavy (non-hydrogen) atoms. The summed E-state index contributed by atoms with van der Waals surface area (Å²) >= 11 is 0. The van der Waals surface area contributed by atoms with Gasteiger partial charge in [0.1, 0.15) is 12.3 Å². The molecule has 1 saturated heterocycles. The standard InChI is InChI=1S/C25H24N6O5/c1-12(33)30(17-8-4-7-15-14-6-3-2-5-13(14)9-16(15)17)25-27-21-22(28-24(26)29-23(21)35)31(25)20-10-18(34)19(11-32)36-20/h2-8,18-20,32,34H,9-11H2,1H3,(H3,26,28,29,35)/t18-,19+,20+/m0/s1. The number of aromatic amines is 1. The van der Waals surface area contributed by atoms with Crippen molar-refractivity contribution < 1.29 is 19.7 Å². The number of H-pyrrole nitrogens is 1. The molecule has 6 rings (SSSR count). The average Bonchev–Trinajstić information content (AvgIpc) is 3.52. The molecular formula is C25H24N6O5. The van der Waals surface area contributed by atoms with Gasteiger partial charge < -0.3 is 20.7 Å². The second kappa shape index (κ2) is 8.26. The number of benzene rings is 2. The van der Waals surface area contributed by atoms with Gasteiger partial charge in [0.2, 0.25) is 17.8 Å². The number of fused-ring (bicyclic) bond motifs is 4. The lowest BCUT2D eigenvalue weighted by Gasteiger charge is -2.26. The second-order valence-corrected chi connectivity index (χ2v) is 9.01. The lowest BCUT2D eigenvalue weighted by Crippen LogP contribution is -2.28. The van der Waals surface area contributed by atoms with Crippen LogP contribution in [0.2, 0.25) is 0 Å². The van der Waals surface area contributed by atoms with E-state index >= 15 is 0 Å². The number of hydrogen-bond donors (Lipinski definition) is 4. The van der Waals surface area contributed by atoms with Crippen LogP contribution in [0.25, 0.3) is 22.3 Å². The number of aliphatic hydroxyl groups excluding tert-OH is 2. The Labute approximate surface area is 204 Å². The van der Waals surface area contributed by atoms with Crippen molar-refractivity contribution in [1.82, 2.24) is 19.5 Å². The Morgan fingerprint density at radius 1 is 1.22 bits per heavy atom. The predicted octanol–water partition coefficient (Wildman–Crippen LogP) is 1.60. The molecule has 0 radical (unpaired) electrons. The number of nitrogens with two attached hydrogens (primary N) is 1. The van der Waals surface area contributed by atoms with Crippen LogP contribution in [0.3, 0.4) is 0 Å². The smallest absolute Gasteiger partial charge is 0.280 e. The highest BCUT2D eigenvalue weighted by Gasteiger charge is 2.39. The maximum atomic E-state index is 13.2. The fourth-order valence-corrected chi connectivity index (χ4v) is 5.22. The molecule has 0 unspecified atom stereocenters. The van der Waals surface area contributed by atoms with Crippen LogP contribution >= 0.6 is 0 Å². The highest BCUT2D eigenvalue weighted by atomic mass is 16.5. The first-order chi connectivity index (χ1) is 17.4. The molecule has 1 aliphatic carbocycles. The molecular weight excluding hydrogens is 464 g/mol. The Morgan fingerprint density at radius 3 is 2.75 bits per heavy atom. The Morgan fingerprint density at radius 2 is 2.00 bits per heavy atom. The Kier molecular flexibility index (Phi) is 5.14. The van der Waals surface area contributed by atoms with Crippen molar-refractivity contribution in [3.8, 4) is 11.1 Å². The van der Waals surface area contributed by atoms with Crippen molar-refractivity contribution in [3.05, 3.63) is 63.9 Å². The molecule has 1 fully saturated rings. The summed E-state index contributed by atoms with van der Waals surface area (Å²) in [5, 5.41) is 20.0. The van der Waals surface area contributed by atoms with Crippen LogP contribution < -0.4 is 16.2 Å². The van der Waals surface area contributed by atoms with Crippen LogP contribution in [0.1, 0.15) is 30.7 Å². The van der Waals surface area contributed by atoms with Crippen molar-refractivity contribution in [2.24, 2.45) is 0 Å². The summed E-state index contributed by atoms with van der Waals surface area (Å²) in [6, 6.07) is 13.8. The van der Waals surface area contributed by atoms with Gasteiger partial charge in [-0.1, -0.05) is 36.4 Å². The number of carbonyl (C=O) groups is 1. The van der Waals surface area contributed by atoms with E-state index in [0.717, 1.165) is 22.3 Å². The second-order valence-electron chi connectivity index (χ2n) is 9.01. The van der Waals surface area contributed by atoms with E-state index in [-0.39, 0.29) is 35.4 Å². The van der Waals surface area contributed by atoms with Gasteiger partial charge in [0, 0.05) is 19.8 Å². The number of nitrogen functional groups attached to an aromatic ring is 1. The molecule has 1 aliphatic heterocycles. The summed E-state index contributed by atoms with van der Waals surface area (Å²) in [7, 11) is 0. The predicted molar refractivity (Wildman–Crippen MR) is 132 cm³/mol. The summed E-state index contributed by atoms with van der Waals surface area (Å²) in [4.78, 5) is 38.6. The van der Waals surface area contributed by atoms with Gasteiger partial charge >= 0.3 is 0 Å². The first kappa shape index (κ1) is 22.4. The van der Waals surface area contributed by atoms with Gasteiger partial charge in [0.05, 0.1) is 18.4 Å². The number of nitrogens with one attached hydrogen (secondary N) is 1. The van der Waals surface area contributed by atoms with Crippen LogP contribution in [0, 0.1) is 0 Å². The summed E-state index contributed by atoms with van der Waals surface area (Å²) in [5.74, 6) is -0.346. The van der Waals surface area contributed by atoms with Crippen molar-refractivity contribution in [1.29, 1.82) is 0 Å². The molecule has 5 N–H and O–H groups in total. The average molecular weight is 489 g/mol. The van der Waals surface area contributed by atoms with E-state index in [1.165, 1.54) is 16.4 Å². The first-order valence-electron chi connectivity index (χ1n) is 11.6. The van der Waals surface area contributed by atoms with Crippen LogP contribution in [-0.2, 0) is 16.0 Å². The van der Waals surface area contributed by atoms with Gasteiger partial charge in [-0.25, -0.2) is 9.88 Å². The van der Waals surface area contributed by atoms with E-state index in [2.05, 4.69) is 21.0 Å². The SMILES string of the molecule is CC(=O)N(c1cccc2c1Cc1ccccc1-2)c1nc2c(=O)[nH]c(N)nc2n1[C@H]1C[C@H](O)[C@@H](CO)O1. The van der Waals surface area contributed by atoms with Gasteiger partial charge in [-0.3, -0.25) is 19.1 Å². The van der Waals surface area contributed by atoms with E-state index < -0.39 is 30.6 Å². The molecule has 3 atom stereocenters. The number of ether oxygens (including phenoxy) is 1. The van der Waals surface area contributed by atoms with Crippen molar-refractivity contribution in [2.45, 2.75) is 38.2 Å². The first-order valence-corrected chi connectivity index (χ1v) is 11.6. The Hall–Kier alpha value is -4.06. The lowest BCUT2D eigenvalue weighted by atomic mass is 10.0. The van der Waals surface area contributed by atoms with E-state index in [9.17, 15) is 19.8 Å². The highest BCUT2D eigenvalue weighted by molar-refractivity contribution is 6.01. The van der Waals surface area contributed by atoms with E-state index in [0.29, 0.717) is 12.1 Å². The number of amides is 1. The third-order valence-electron chi connectivity index (χ3n) is 6.80. The molecule has 0 spiro atoms. The molecule has 11 nitrogen and oxygen atoms in total. The Balaban J connectivity index is 1.58. The number of aliphatic hydroxyl groups is 2. The van der Waals surface area contributed by atoms with Gasteiger partial charge in [0.15, 0.2) is 11.2 Å². The quantitative estimate of drug-likeness (QED) is 0.297. The largest absolute Gasteiger partial charge is 0.394 e. The number of imidazole rings is 1. The van der Waals surface area contributed by atoms with E-state index in [4.69, 9.17) is 10.5 Å². The van der Waals surface area contributed by atoms with Gasteiger partial charge in [-0.15, -0.1) is 0 Å². The monoisotopic (exact) mass is 488 g/mol. The number of anilines is 3. The summed E-state index contributed by atoms with van der Waals surface area (Å²) in [6.45, 7) is 1.02. The van der Waals surface area contributed by atoms with Crippen LogP contribution in [0.4, 0.5) is 17.6 Å². The number of aromatic nitrogens is 4. The zero-order valence-electron chi connectivity index (χ0n) is 19.4. The molecule has 4 aromatic rings. The maximum Gasteiger partial charge on any atom is 0.280 e. The van der Waals surface area contributed by atoms with Crippen LogP contribution in [0.5, 0.6) is 0 Å². The third kappa shape index (κ3) is 3.32. The fourth-order valence-electron chi connectivity index (χ4n) is 5.22. The third-order valence-corrected chi connectivity index (χ3v) is 6.80.